The predicted molar refractivity (Wildman–Crippen MR) is 88.0 cm³/mol. The van der Waals surface area contributed by atoms with Gasteiger partial charge in [0.15, 0.2) is 0 Å². The molecule has 0 saturated carbocycles. The van der Waals surface area contributed by atoms with E-state index in [-0.39, 0.29) is 11.3 Å². The van der Waals surface area contributed by atoms with Gasteiger partial charge in [-0.25, -0.2) is 0 Å². The predicted octanol–water partition coefficient (Wildman–Crippen LogP) is 3.13. The summed E-state index contributed by atoms with van der Waals surface area (Å²) in [4.78, 5) is 12.5. The van der Waals surface area contributed by atoms with Gasteiger partial charge in [-0.2, -0.15) is 0 Å². The third-order valence-corrected chi connectivity index (χ3v) is 3.17. The molecule has 1 amide bonds. The third kappa shape index (κ3) is 4.18. The second kappa shape index (κ2) is 6.56. The molecular weight excluding hydrogens is 308 g/mol. The summed E-state index contributed by atoms with van der Waals surface area (Å²) in [5.74, 6) is -0.556. The van der Waals surface area contributed by atoms with Gasteiger partial charge < -0.3 is 16.2 Å². The zero-order valence-electron chi connectivity index (χ0n) is 11.0. The van der Waals surface area contributed by atoms with Crippen molar-refractivity contribution in [2.75, 3.05) is 5.32 Å². The molecule has 2 aromatic carbocycles. The van der Waals surface area contributed by atoms with Crippen LogP contribution in [0, 0.1) is 0 Å². The molecule has 2 rings (SSSR count). The summed E-state index contributed by atoms with van der Waals surface area (Å²) in [6, 6.07) is 11.4. The van der Waals surface area contributed by atoms with E-state index in [2.05, 4.69) is 5.32 Å². The number of aromatic hydroxyl groups is 1. The van der Waals surface area contributed by atoms with Crippen molar-refractivity contribution in [3.63, 3.8) is 0 Å². The van der Waals surface area contributed by atoms with Gasteiger partial charge in [-0.1, -0.05) is 36.0 Å². The van der Waals surface area contributed by atoms with E-state index in [1.165, 1.54) is 18.2 Å². The van der Waals surface area contributed by atoms with E-state index in [1.54, 1.807) is 12.1 Å². The van der Waals surface area contributed by atoms with Gasteiger partial charge in [-0.3, -0.25) is 4.79 Å². The van der Waals surface area contributed by atoms with Crippen molar-refractivity contribution in [1.82, 2.24) is 0 Å². The van der Waals surface area contributed by atoms with Crippen LogP contribution >= 0.6 is 23.8 Å². The van der Waals surface area contributed by atoms with Crippen LogP contribution in [0.5, 0.6) is 5.75 Å². The van der Waals surface area contributed by atoms with Gasteiger partial charge in [-0.05, 0) is 35.9 Å². The number of rotatable bonds is 4. The topological polar surface area (TPSA) is 75.3 Å². The lowest BCUT2D eigenvalue weighted by molar-refractivity contribution is 0.102. The number of anilines is 1. The first-order chi connectivity index (χ1) is 9.95. The molecule has 0 fully saturated rings. The van der Waals surface area contributed by atoms with Crippen LogP contribution in [0.25, 0.3) is 0 Å². The Morgan fingerprint density at radius 2 is 1.90 bits per heavy atom. The molecule has 4 nitrogen and oxygen atoms in total. The normalized spacial score (nSPS) is 10.1. The lowest BCUT2D eigenvalue weighted by atomic mass is 10.1. The van der Waals surface area contributed by atoms with Gasteiger partial charge in [0.2, 0.25) is 0 Å². The Hall–Kier alpha value is -2.11. The van der Waals surface area contributed by atoms with Gasteiger partial charge in [0.1, 0.15) is 5.75 Å². The number of halogens is 1. The number of phenolic OH excluding ortho intramolecular Hbond substituents is 1. The van der Waals surface area contributed by atoms with Crippen LogP contribution in [0.3, 0.4) is 0 Å². The van der Waals surface area contributed by atoms with Crippen LogP contribution in [-0.4, -0.2) is 16.0 Å². The number of hydrogen-bond acceptors (Lipinski definition) is 3. The van der Waals surface area contributed by atoms with Crippen LogP contribution in [0.4, 0.5) is 5.69 Å². The number of carbonyl (C=O) groups excluding carboxylic acids is 1. The van der Waals surface area contributed by atoms with E-state index in [0.717, 1.165) is 5.56 Å². The lowest BCUT2D eigenvalue weighted by Crippen LogP contribution is -2.13. The molecule has 0 aliphatic heterocycles. The largest absolute Gasteiger partial charge is 0.507 e. The summed E-state index contributed by atoms with van der Waals surface area (Å²) in [5, 5.41) is 12.7. The molecule has 21 heavy (non-hydrogen) atoms. The molecule has 0 aromatic heterocycles. The molecule has 0 saturated heterocycles. The zero-order chi connectivity index (χ0) is 15.4. The number of nitrogens with one attached hydrogen (secondary N) is 1. The number of carbonyl (C=O) groups is 1. The summed E-state index contributed by atoms with van der Waals surface area (Å²) >= 11 is 10.7. The minimum atomic E-state index is -0.433. The monoisotopic (exact) mass is 320 g/mol. The highest BCUT2D eigenvalue weighted by Gasteiger charge is 2.12. The molecule has 0 unspecified atom stereocenters. The molecule has 0 bridgehead atoms. The second-order valence-corrected chi connectivity index (χ2v) is 5.42. The Kier molecular flexibility index (Phi) is 4.77. The van der Waals surface area contributed by atoms with Crippen LogP contribution in [0.15, 0.2) is 42.5 Å². The summed E-state index contributed by atoms with van der Waals surface area (Å²) in [7, 11) is 0. The lowest BCUT2D eigenvalue weighted by Gasteiger charge is -2.08. The minimum absolute atomic E-state index is 0.120. The summed E-state index contributed by atoms with van der Waals surface area (Å²) in [5.41, 5.74) is 7.16. The summed E-state index contributed by atoms with van der Waals surface area (Å²) in [6.45, 7) is 0. The molecular formula is C15H13ClN2O2S. The smallest absolute Gasteiger partial charge is 0.259 e. The molecule has 0 aliphatic carbocycles. The maximum absolute atomic E-state index is 12.1. The number of phenols is 1. The average molecular weight is 321 g/mol. The second-order valence-electron chi connectivity index (χ2n) is 4.46. The quantitative estimate of drug-likeness (QED) is 0.757. The Balaban J connectivity index is 2.12. The van der Waals surface area contributed by atoms with Gasteiger partial charge in [0.25, 0.3) is 5.91 Å². The first-order valence-electron chi connectivity index (χ1n) is 6.13. The number of amides is 1. The zero-order valence-corrected chi connectivity index (χ0v) is 12.5. The van der Waals surface area contributed by atoms with Crippen molar-refractivity contribution in [3.05, 3.63) is 58.6 Å². The van der Waals surface area contributed by atoms with Crippen molar-refractivity contribution >= 4 is 40.4 Å². The van der Waals surface area contributed by atoms with Crippen molar-refractivity contribution in [3.8, 4) is 5.75 Å². The van der Waals surface area contributed by atoms with E-state index in [0.29, 0.717) is 22.1 Å². The molecule has 2 aromatic rings. The molecule has 0 heterocycles. The molecule has 0 aliphatic rings. The van der Waals surface area contributed by atoms with Crippen molar-refractivity contribution in [1.29, 1.82) is 0 Å². The first-order valence-corrected chi connectivity index (χ1v) is 6.91. The van der Waals surface area contributed by atoms with Crippen LogP contribution in [-0.2, 0) is 6.42 Å². The third-order valence-electron chi connectivity index (χ3n) is 2.79. The van der Waals surface area contributed by atoms with Gasteiger partial charge in [0, 0.05) is 17.1 Å². The molecule has 0 atom stereocenters. The Bertz CT molecular complexity index is 687. The Morgan fingerprint density at radius 3 is 2.52 bits per heavy atom. The molecule has 0 radical (unpaired) electrons. The molecule has 108 valence electrons. The summed E-state index contributed by atoms with van der Waals surface area (Å²) < 4.78 is 0. The van der Waals surface area contributed by atoms with E-state index < -0.39 is 5.91 Å². The fraction of sp³-hybridized carbons (Fsp3) is 0.0667. The van der Waals surface area contributed by atoms with Gasteiger partial charge in [0.05, 0.1) is 10.6 Å². The molecule has 6 heteroatoms. The van der Waals surface area contributed by atoms with Crippen molar-refractivity contribution < 1.29 is 9.90 Å². The van der Waals surface area contributed by atoms with Crippen LogP contribution < -0.4 is 11.1 Å². The van der Waals surface area contributed by atoms with E-state index in [9.17, 15) is 9.90 Å². The highest BCUT2D eigenvalue weighted by molar-refractivity contribution is 7.80. The first kappa shape index (κ1) is 15.3. The Labute approximate surface area is 132 Å². The van der Waals surface area contributed by atoms with Crippen molar-refractivity contribution in [2.45, 2.75) is 6.42 Å². The highest BCUT2D eigenvalue weighted by Crippen LogP contribution is 2.22. The van der Waals surface area contributed by atoms with Crippen molar-refractivity contribution in [2.24, 2.45) is 5.73 Å². The summed E-state index contributed by atoms with van der Waals surface area (Å²) in [6.07, 6.45) is 0.513. The highest BCUT2D eigenvalue weighted by atomic mass is 35.5. The van der Waals surface area contributed by atoms with E-state index in [4.69, 9.17) is 29.6 Å². The molecule has 0 spiro atoms. The van der Waals surface area contributed by atoms with Crippen LogP contribution in [0.2, 0.25) is 5.02 Å². The maximum Gasteiger partial charge on any atom is 0.259 e. The SMILES string of the molecule is NC(=S)Cc1ccc(NC(=O)c2cc(Cl)ccc2O)cc1. The van der Waals surface area contributed by atoms with Gasteiger partial charge in [-0.15, -0.1) is 0 Å². The maximum atomic E-state index is 12.1. The minimum Gasteiger partial charge on any atom is -0.507 e. The van der Waals surface area contributed by atoms with E-state index in [1.807, 2.05) is 12.1 Å². The fourth-order valence-electron chi connectivity index (χ4n) is 1.80. The molecule has 4 N–H and O–H groups in total. The van der Waals surface area contributed by atoms with Gasteiger partial charge >= 0.3 is 0 Å². The number of nitrogens with two attached hydrogens (primary N) is 1. The Morgan fingerprint density at radius 1 is 1.24 bits per heavy atom. The standard InChI is InChI=1S/C15H13ClN2O2S/c16-10-3-6-13(19)12(8-10)15(20)18-11-4-1-9(2-5-11)7-14(17)21/h1-6,8,19H,7H2,(H2,17,21)(H,18,20). The van der Waals surface area contributed by atoms with E-state index >= 15 is 0 Å². The van der Waals surface area contributed by atoms with Crippen LogP contribution in [0.1, 0.15) is 15.9 Å². The number of benzene rings is 2. The average Bonchev–Trinajstić information content (AvgIpc) is 2.43. The number of hydrogen-bond donors (Lipinski definition) is 3. The number of thiocarbonyl (C=S) groups is 1. The fourth-order valence-corrected chi connectivity index (χ4v) is 2.13.